The highest BCUT2D eigenvalue weighted by Gasteiger charge is 2.52. The predicted octanol–water partition coefficient (Wildman–Crippen LogP) is 3.94. The van der Waals surface area contributed by atoms with Crippen molar-refractivity contribution in [2.45, 2.75) is 90.7 Å². The van der Waals surface area contributed by atoms with E-state index in [9.17, 15) is 4.79 Å². The summed E-state index contributed by atoms with van der Waals surface area (Å²) >= 11 is 0. The number of nitrogens with zero attached hydrogens (tertiary/aromatic N) is 1. The maximum absolute atomic E-state index is 12.6. The van der Waals surface area contributed by atoms with Gasteiger partial charge >= 0.3 is 6.09 Å². The summed E-state index contributed by atoms with van der Waals surface area (Å²) in [7, 11) is 0. The van der Waals surface area contributed by atoms with Gasteiger partial charge in [0.25, 0.3) is 0 Å². The van der Waals surface area contributed by atoms with Gasteiger partial charge in [-0.3, -0.25) is 4.90 Å². The third kappa shape index (κ3) is 3.11. The van der Waals surface area contributed by atoms with Gasteiger partial charge in [-0.1, -0.05) is 12.8 Å². The van der Waals surface area contributed by atoms with E-state index in [1.165, 1.54) is 25.7 Å². The highest BCUT2D eigenvalue weighted by atomic mass is 16.6. The molecule has 1 aliphatic carbocycles. The van der Waals surface area contributed by atoms with E-state index >= 15 is 0 Å². The lowest BCUT2D eigenvalue weighted by atomic mass is 9.93. The van der Waals surface area contributed by atoms with Gasteiger partial charge in [0.15, 0.2) is 0 Å². The van der Waals surface area contributed by atoms with E-state index in [0.717, 1.165) is 0 Å². The van der Waals surface area contributed by atoms with Crippen molar-refractivity contribution in [2.75, 3.05) is 0 Å². The fourth-order valence-corrected chi connectivity index (χ4v) is 3.70. The summed E-state index contributed by atoms with van der Waals surface area (Å²) in [5.74, 6) is 0.541. The summed E-state index contributed by atoms with van der Waals surface area (Å²) in [6.45, 7) is 11.7. The molecule has 1 heterocycles. The molecule has 0 aromatic heterocycles. The Morgan fingerprint density at radius 2 is 1.80 bits per heavy atom. The second-order valence-corrected chi connectivity index (χ2v) is 7.66. The monoisotopic (exact) mass is 283 g/mol. The molecule has 2 aliphatic rings. The Bertz CT molecular complexity index is 366. The lowest BCUT2D eigenvalue weighted by Crippen LogP contribution is -2.52. The second-order valence-electron chi connectivity index (χ2n) is 7.66. The summed E-state index contributed by atoms with van der Waals surface area (Å²) in [5, 5.41) is 0. The first-order valence-electron chi connectivity index (χ1n) is 7.82. The molecule has 0 spiro atoms. The number of ether oxygens (including phenoxy) is 2. The fraction of sp³-hybridized carbons (Fsp3) is 0.938. The molecule has 4 heteroatoms. The number of hydrogen-bond acceptors (Lipinski definition) is 3. The van der Waals surface area contributed by atoms with Crippen LogP contribution in [0, 0.1) is 5.92 Å². The van der Waals surface area contributed by atoms with Gasteiger partial charge in [0.05, 0.1) is 12.1 Å². The van der Waals surface area contributed by atoms with Crippen LogP contribution in [0.1, 0.15) is 67.2 Å². The molecule has 2 fully saturated rings. The first-order valence-corrected chi connectivity index (χ1v) is 7.82. The Labute approximate surface area is 122 Å². The van der Waals surface area contributed by atoms with Crippen molar-refractivity contribution >= 4 is 6.09 Å². The van der Waals surface area contributed by atoms with Gasteiger partial charge in [0.1, 0.15) is 11.3 Å². The standard InChI is InChI=1S/C16H29NO3/c1-11-13(12-9-7-8-10-12)17(16(5,6)19-11)14(18)20-15(2,3)4/h11-13H,7-10H2,1-6H3/t11-,13+/m1/s1. The van der Waals surface area contributed by atoms with Crippen LogP contribution in [0.5, 0.6) is 0 Å². The van der Waals surface area contributed by atoms with Crippen LogP contribution in [0.25, 0.3) is 0 Å². The van der Waals surface area contributed by atoms with Crippen LogP contribution in [0.4, 0.5) is 4.79 Å². The smallest absolute Gasteiger partial charge is 0.412 e. The Kier molecular flexibility index (Phi) is 4.07. The molecule has 0 bridgehead atoms. The Morgan fingerprint density at radius 3 is 2.30 bits per heavy atom. The van der Waals surface area contributed by atoms with Crippen molar-refractivity contribution in [3.05, 3.63) is 0 Å². The van der Waals surface area contributed by atoms with Gasteiger partial charge < -0.3 is 9.47 Å². The van der Waals surface area contributed by atoms with Crippen LogP contribution in [0.3, 0.4) is 0 Å². The molecular weight excluding hydrogens is 254 g/mol. The molecule has 0 radical (unpaired) electrons. The Balaban J connectivity index is 2.22. The normalized spacial score (nSPS) is 30.8. The lowest BCUT2D eigenvalue weighted by molar-refractivity contribution is -0.0762. The lowest BCUT2D eigenvalue weighted by Gasteiger charge is -2.37. The molecule has 4 nitrogen and oxygen atoms in total. The van der Waals surface area contributed by atoms with Crippen LogP contribution in [-0.4, -0.2) is 34.5 Å². The minimum Gasteiger partial charge on any atom is -0.444 e. The van der Waals surface area contributed by atoms with Crippen LogP contribution in [0.15, 0.2) is 0 Å². The minimum absolute atomic E-state index is 0.0700. The molecule has 1 aliphatic heterocycles. The van der Waals surface area contributed by atoms with Crippen LogP contribution in [-0.2, 0) is 9.47 Å². The van der Waals surface area contributed by atoms with E-state index in [2.05, 4.69) is 6.92 Å². The van der Waals surface area contributed by atoms with Gasteiger partial charge in [-0.2, -0.15) is 0 Å². The van der Waals surface area contributed by atoms with Crippen molar-refractivity contribution in [3.63, 3.8) is 0 Å². The summed E-state index contributed by atoms with van der Waals surface area (Å²) < 4.78 is 11.6. The van der Waals surface area contributed by atoms with Gasteiger partial charge in [-0.15, -0.1) is 0 Å². The SMILES string of the molecule is C[C@H]1OC(C)(C)N(C(=O)OC(C)(C)C)[C@@H]1C1CCCC1. The Morgan fingerprint density at radius 1 is 1.25 bits per heavy atom. The third-order valence-electron chi connectivity index (χ3n) is 4.31. The predicted molar refractivity (Wildman–Crippen MR) is 78.4 cm³/mol. The number of amides is 1. The first-order chi connectivity index (χ1) is 9.12. The van der Waals surface area contributed by atoms with E-state index in [1.807, 2.05) is 39.5 Å². The van der Waals surface area contributed by atoms with Gasteiger partial charge in [-0.25, -0.2) is 4.79 Å². The molecule has 0 aromatic rings. The van der Waals surface area contributed by atoms with Crippen LogP contribution < -0.4 is 0 Å². The highest BCUT2D eigenvalue weighted by Crippen LogP contribution is 2.42. The summed E-state index contributed by atoms with van der Waals surface area (Å²) in [4.78, 5) is 14.5. The molecule has 1 amide bonds. The van der Waals surface area contributed by atoms with E-state index in [0.29, 0.717) is 5.92 Å². The molecule has 0 aromatic carbocycles. The van der Waals surface area contributed by atoms with Crippen molar-refractivity contribution < 1.29 is 14.3 Å². The number of carbonyl (C=O) groups is 1. The zero-order valence-corrected chi connectivity index (χ0v) is 13.7. The van der Waals surface area contributed by atoms with Crippen molar-refractivity contribution in [2.24, 2.45) is 5.92 Å². The molecule has 1 saturated heterocycles. The fourth-order valence-electron chi connectivity index (χ4n) is 3.70. The minimum atomic E-state index is -0.588. The summed E-state index contributed by atoms with van der Waals surface area (Å²) in [5.41, 5.74) is -1.06. The van der Waals surface area contributed by atoms with E-state index in [-0.39, 0.29) is 18.2 Å². The maximum Gasteiger partial charge on any atom is 0.412 e. The zero-order valence-electron chi connectivity index (χ0n) is 13.7. The second kappa shape index (κ2) is 5.21. The van der Waals surface area contributed by atoms with Gasteiger partial charge in [-0.05, 0) is 60.3 Å². The van der Waals surface area contributed by atoms with Crippen molar-refractivity contribution in [3.8, 4) is 0 Å². The highest BCUT2D eigenvalue weighted by molar-refractivity contribution is 5.70. The third-order valence-corrected chi connectivity index (χ3v) is 4.31. The first kappa shape index (κ1) is 15.6. The molecule has 20 heavy (non-hydrogen) atoms. The molecule has 2 rings (SSSR count). The number of hydrogen-bond donors (Lipinski definition) is 0. The molecule has 2 atom stereocenters. The topological polar surface area (TPSA) is 38.8 Å². The van der Waals surface area contributed by atoms with E-state index < -0.39 is 11.3 Å². The molecule has 1 saturated carbocycles. The quantitative estimate of drug-likeness (QED) is 0.731. The van der Waals surface area contributed by atoms with E-state index in [1.54, 1.807) is 0 Å². The van der Waals surface area contributed by atoms with Crippen LogP contribution >= 0.6 is 0 Å². The summed E-state index contributed by atoms with van der Waals surface area (Å²) in [6.07, 6.45) is 4.72. The zero-order chi connectivity index (χ0) is 15.1. The van der Waals surface area contributed by atoms with Crippen molar-refractivity contribution in [1.29, 1.82) is 0 Å². The Hall–Kier alpha value is -0.770. The van der Waals surface area contributed by atoms with Gasteiger partial charge in [0, 0.05) is 0 Å². The van der Waals surface area contributed by atoms with Crippen LogP contribution in [0.2, 0.25) is 0 Å². The van der Waals surface area contributed by atoms with Gasteiger partial charge in [0.2, 0.25) is 0 Å². The molecular formula is C16H29NO3. The number of carbonyl (C=O) groups excluding carboxylic acids is 1. The number of rotatable bonds is 1. The molecule has 116 valence electrons. The summed E-state index contributed by atoms with van der Waals surface area (Å²) in [6, 6.07) is 0.141. The largest absolute Gasteiger partial charge is 0.444 e. The van der Waals surface area contributed by atoms with E-state index in [4.69, 9.17) is 9.47 Å². The average Bonchev–Trinajstić information content (AvgIpc) is 2.80. The average molecular weight is 283 g/mol. The molecule has 0 unspecified atom stereocenters. The molecule has 0 N–H and O–H groups in total. The maximum atomic E-state index is 12.6. The van der Waals surface area contributed by atoms with Crippen molar-refractivity contribution in [1.82, 2.24) is 4.90 Å².